The number of nitrogens with one attached hydrogen (secondary N) is 1. The highest BCUT2D eigenvalue weighted by molar-refractivity contribution is 6.55. The minimum absolute atomic E-state index is 0.0393. The van der Waals surface area contributed by atoms with Gasteiger partial charge in [-0.1, -0.05) is 60.3 Å². The predicted octanol–water partition coefficient (Wildman–Crippen LogP) is 5.28. The SMILES string of the molecule is COC(=O)c1ccc(NC(=O)COC(=O)[C@H](CC(C)C)N2C(=O)c3c(Cl)c(Cl)c(Cl)c(Cl)c3C2=O)cc1. The zero-order valence-electron chi connectivity index (χ0n) is 19.7. The number of fused-ring (bicyclic) bond motifs is 1. The lowest BCUT2D eigenvalue weighted by Gasteiger charge is -2.26. The molecule has 0 unspecified atom stereocenters. The van der Waals surface area contributed by atoms with Crippen molar-refractivity contribution in [3.8, 4) is 0 Å². The van der Waals surface area contributed by atoms with Crippen LogP contribution in [0.4, 0.5) is 5.69 Å². The van der Waals surface area contributed by atoms with E-state index in [1.807, 2.05) is 0 Å². The van der Waals surface area contributed by atoms with Crippen molar-refractivity contribution >= 4 is 81.8 Å². The summed E-state index contributed by atoms with van der Waals surface area (Å²) in [5.41, 5.74) is 0.0968. The molecule has 0 fully saturated rings. The molecule has 9 nitrogen and oxygen atoms in total. The third-order valence-corrected chi connectivity index (χ3v) is 7.15. The number of anilines is 1. The summed E-state index contributed by atoms with van der Waals surface area (Å²) in [4.78, 5) is 63.9. The Kier molecular flexibility index (Phi) is 9.07. The minimum Gasteiger partial charge on any atom is -0.465 e. The van der Waals surface area contributed by atoms with Gasteiger partial charge in [0.1, 0.15) is 6.04 Å². The summed E-state index contributed by atoms with van der Waals surface area (Å²) in [5.74, 6) is -4.13. The van der Waals surface area contributed by atoms with Crippen LogP contribution in [0, 0.1) is 5.92 Å². The van der Waals surface area contributed by atoms with Gasteiger partial charge in [0.2, 0.25) is 0 Å². The van der Waals surface area contributed by atoms with Crippen LogP contribution < -0.4 is 5.32 Å². The highest BCUT2D eigenvalue weighted by Crippen LogP contribution is 2.45. The van der Waals surface area contributed by atoms with Crippen LogP contribution in [0.2, 0.25) is 20.1 Å². The van der Waals surface area contributed by atoms with E-state index in [4.69, 9.17) is 51.1 Å². The van der Waals surface area contributed by atoms with Crippen molar-refractivity contribution in [2.75, 3.05) is 19.0 Å². The molecule has 0 radical (unpaired) electrons. The summed E-state index contributed by atoms with van der Waals surface area (Å²) in [7, 11) is 1.24. The molecule has 1 N–H and O–H groups in total. The van der Waals surface area contributed by atoms with Crippen LogP contribution in [-0.4, -0.2) is 54.3 Å². The smallest absolute Gasteiger partial charge is 0.337 e. The molecular formula is C24H20Cl4N2O7. The summed E-state index contributed by atoms with van der Waals surface area (Å²) in [6.45, 7) is 2.85. The first kappa shape index (κ1) is 28.7. The summed E-state index contributed by atoms with van der Waals surface area (Å²) in [6, 6.07) is 4.46. The number of carbonyl (C=O) groups is 5. The number of nitrogens with zero attached hydrogens (tertiary/aromatic N) is 1. The van der Waals surface area contributed by atoms with E-state index in [9.17, 15) is 24.0 Å². The highest BCUT2D eigenvalue weighted by atomic mass is 35.5. The average molecular weight is 590 g/mol. The Labute approximate surface area is 231 Å². The van der Waals surface area contributed by atoms with E-state index in [0.717, 1.165) is 0 Å². The maximum atomic E-state index is 13.2. The lowest BCUT2D eigenvalue weighted by Crippen LogP contribution is -2.47. The molecule has 1 atom stereocenters. The van der Waals surface area contributed by atoms with Gasteiger partial charge in [-0.05, 0) is 36.6 Å². The maximum absolute atomic E-state index is 13.2. The normalized spacial score (nSPS) is 13.5. The molecule has 0 spiro atoms. The topological polar surface area (TPSA) is 119 Å². The summed E-state index contributed by atoms with van der Waals surface area (Å²) < 4.78 is 9.76. The first-order valence-electron chi connectivity index (χ1n) is 10.8. The molecule has 3 rings (SSSR count). The van der Waals surface area contributed by atoms with Crippen LogP contribution in [0.15, 0.2) is 24.3 Å². The molecule has 0 saturated heterocycles. The third-order valence-electron chi connectivity index (χ3n) is 5.35. The van der Waals surface area contributed by atoms with E-state index in [1.54, 1.807) is 13.8 Å². The number of carbonyl (C=O) groups excluding carboxylic acids is 5. The number of amides is 3. The molecule has 37 heavy (non-hydrogen) atoms. The van der Waals surface area contributed by atoms with E-state index in [2.05, 4.69) is 10.1 Å². The standard InChI is InChI=1S/C24H20Cl4N2O7/c1-10(2)8-13(30-21(32)15-16(22(30)33)18(26)20(28)19(27)17(15)25)24(35)37-9-14(31)29-12-6-4-11(5-7-12)23(34)36-3/h4-7,10,13H,8-9H2,1-3H3,(H,29,31)/t13-/m0/s1. The number of hydrogen-bond donors (Lipinski definition) is 1. The molecule has 0 bridgehead atoms. The van der Waals surface area contributed by atoms with Crippen LogP contribution in [-0.2, 0) is 19.1 Å². The zero-order valence-corrected chi connectivity index (χ0v) is 22.7. The van der Waals surface area contributed by atoms with Crippen LogP contribution in [0.1, 0.15) is 51.3 Å². The number of ether oxygens (including phenoxy) is 2. The van der Waals surface area contributed by atoms with E-state index in [0.29, 0.717) is 10.6 Å². The fraction of sp³-hybridized carbons (Fsp3) is 0.292. The number of methoxy groups -OCH3 is 1. The second-order valence-electron chi connectivity index (χ2n) is 8.36. The van der Waals surface area contributed by atoms with Gasteiger partial charge in [0.05, 0.1) is 43.9 Å². The van der Waals surface area contributed by atoms with Gasteiger partial charge in [-0.15, -0.1) is 0 Å². The molecule has 196 valence electrons. The Morgan fingerprint density at radius 3 is 1.86 bits per heavy atom. The maximum Gasteiger partial charge on any atom is 0.337 e. The summed E-state index contributed by atoms with van der Waals surface area (Å²) >= 11 is 24.4. The number of benzene rings is 2. The summed E-state index contributed by atoms with van der Waals surface area (Å²) in [6.07, 6.45) is 0.0393. The molecule has 0 aromatic heterocycles. The van der Waals surface area contributed by atoms with Gasteiger partial charge in [0.15, 0.2) is 6.61 Å². The second kappa shape index (κ2) is 11.7. The first-order valence-corrected chi connectivity index (χ1v) is 12.3. The van der Waals surface area contributed by atoms with Crippen molar-refractivity contribution in [2.24, 2.45) is 5.92 Å². The molecule has 2 aromatic rings. The molecule has 1 heterocycles. The van der Waals surface area contributed by atoms with Gasteiger partial charge in [-0.3, -0.25) is 19.3 Å². The Morgan fingerprint density at radius 1 is 0.892 bits per heavy atom. The number of rotatable bonds is 8. The fourth-order valence-electron chi connectivity index (χ4n) is 3.64. The van der Waals surface area contributed by atoms with Crippen LogP contribution in [0.3, 0.4) is 0 Å². The molecule has 1 aliphatic heterocycles. The largest absolute Gasteiger partial charge is 0.465 e. The van der Waals surface area contributed by atoms with Gasteiger partial charge >= 0.3 is 11.9 Å². The Bertz CT molecular complexity index is 1250. The Hall–Kier alpha value is -2.85. The lowest BCUT2D eigenvalue weighted by atomic mass is 10.0. The Balaban J connectivity index is 1.76. The molecule has 3 amide bonds. The predicted molar refractivity (Wildman–Crippen MR) is 138 cm³/mol. The van der Waals surface area contributed by atoms with Gasteiger partial charge in [-0.25, -0.2) is 9.59 Å². The fourth-order valence-corrected chi connectivity index (χ4v) is 4.65. The zero-order chi connectivity index (χ0) is 27.6. The van der Waals surface area contributed by atoms with Crippen LogP contribution in [0.5, 0.6) is 0 Å². The van der Waals surface area contributed by atoms with E-state index in [1.165, 1.54) is 31.4 Å². The molecule has 2 aromatic carbocycles. The first-order chi connectivity index (χ1) is 17.4. The molecule has 13 heteroatoms. The monoisotopic (exact) mass is 588 g/mol. The minimum atomic E-state index is -1.37. The number of esters is 2. The Morgan fingerprint density at radius 2 is 1.41 bits per heavy atom. The van der Waals surface area contributed by atoms with Crippen LogP contribution in [0.25, 0.3) is 0 Å². The average Bonchev–Trinajstić information content (AvgIpc) is 3.12. The lowest BCUT2D eigenvalue weighted by molar-refractivity contribution is -0.151. The van der Waals surface area contributed by atoms with E-state index >= 15 is 0 Å². The van der Waals surface area contributed by atoms with Gasteiger partial charge in [-0.2, -0.15) is 0 Å². The van der Waals surface area contributed by atoms with Crippen molar-refractivity contribution < 1.29 is 33.4 Å². The molecular weight excluding hydrogens is 570 g/mol. The van der Waals surface area contributed by atoms with E-state index in [-0.39, 0.29) is 49.1 Å². The number of hydrogen-bond acceptors (Lipinski definition) is 7. The number of halogens is 4. The quantitative estimate of drug-likeness (QED) is 0.192. The molecule has 0 saturated carbocycles. The van der Waals surface area contributed by atoms with Gasteiger partial charge < -0.3 is 14.8 Å². The molecule has 1 aliphatic rings. The summed E-state index contributed by atoms with van der Waals surface area (Å²) in [5, 5.41) is 1.58. The van der Waals surface area contributed by atoms with Crippen molar-refractivity contribution in [1.29, 1.82) is 0 Å². The molecule has 0 aliphatic carbocycles. The van der Waals surface area contributed by atoms with Gasteiger partial charge in [0.25, 0.3) is 17.7 Å². The number of imide groups is 1. The van der Waals surface area contributed by atoms with Crippen LogP contribution >= 0.6 is 46.4 Å². The van der Waals surface area contributed by atoms with Gasteiger partial charge in [0, 0.05) is 5.69 Å². The highest BCUT2D eigenvalue weighted by Gasteiger charge is 2.47. The van der Waals surface area contributed by atoms with Crippen molar-refractivity contribution in [1.82, 2.24) is 4.90 Å². The van der Waals surface area contributed by atoms with Crippen molar-refractivity contribution in [3.63, 3.8) is 0 Å². The van der Waals surface area contributed by atoms with Crippen molar-refractivity contribution in [3.05, 3.63) is 61.0 Å². The second-order valence-corrected chi connectivity index (χ2v) is 9.87. The van der Waals surface area contributed by atoms with E-state index < -0.39 is 42.3 Å². The third kappa shape index (κ3) is 5.85. The van der Waals surface area contributed by atoms with Crippen molar-refractivity contribution in [2.45, 2.75) is 26.3 Å².